The van der Waals surface area contributed by atoms with Gasteiger partial charge in [0.15, 0.2) is 0 Å². The Balaban J connectivity index is 1.49. The van der Waals surface area contributed by atoms with E-state index >= 15 is 0 Å². The highest BCUT2D eigenvalue weighted by atomic mass is 35.5. The van der Waals surface area contributed by atoms with Crippen molar-refractivity contribution in [1.82, 2.24) is 5.32 Å². The molecule has 4 aromatic rings. The van der Waals surface area contributed by atoms with Gasteiger partial charge in [0.1, 0.15) is 16.9 Å². The normalized spacial score (nSPS) is 10.7. The van der Waals surface area contributed by atoms with Gasteiger partial charge < -0.3 is 14.5 Å². The molecule has 35 heavy (non-hydrogen) atoms. The van der Waals surface area contributed by atoms with Crippen molar-refractivity contribution in [3.8, 4) is 5.75 Å². The number of halogens is 1. The highest BCUT2D eigenvalue weighted by Gasteiger charge is 2.19. The number of ether oxygens (including phenoxy) is 1. The van der Waals surface area contributed by atoms with Crippen LogP contribution in [-0.2, 0) is 6.42 Å². The van der Waals surface area contributed by atoms with Crippen LogP contribution in [0.1, 0.15) is 26.3 Å². The summed E-state index contributed by atoms with van der Waals surface area (Å²) in [6.45, 7) is 0.343. The molecule has 1 amide bonds. The molecule has 0 bridgehead atoms. The predicted molar refractivity (Wildman–Crippen MR) is 128 cm³/mol. The molecule has 0 saturated heterocycles. The van der Waals surface area contributed by atoms with Gasteiger partial charge in [0, 0.05) is 30.1 Å². The molecule has 176 valence electrons. The molecule has 0 radical (unpaired) electrons. The quantitative estimate of drug-likeness (QED) is 0.132. The Labute approximate surface area is 203 Å². The van der Waals surface area contributed by atoms with Gasteiger partial charge in [0.05, 0.1) is 15.5 Å². The summed E-state index contributed by atoms with van der Waals surface area (Å²) in [5, 5.41) is 14.1. The third-order valence-electron chi connectivity index (χ3n) is 5.09. The number of non-ortho nitro benzene ring substituents is 1. The Kier molecular flexibility index (Phi) is 6.88. The second-order valence-corrected chi connectivity index (χ2v) is 7.86. The van der Waals surface area contributed by atoms with E-state index in [2.05, 4.69) is 5.32 Å². The second-order valence-electron chi connectivity index (χ2n) is 7.45. The van der Waals surface area contributed by atoms with Crippen molar-refractivity contribution in [1.29, 1.82) is 0 Å². The number of hydrogen-bond donors (Lipinski definition) is 1. The van der Waals surface area contributed by atoms with E-state index in [1.807, 2.05) is 30.3 Å². The van der Waals surface area contributed by atoms with E-state index in [0.29, 0.717) is 18.4 Å². The molecule has 4 rings (SSSR count). The van der Waals surface area contributed by atoms with Gasteiger partial charge in [-0.1, -0.05) is 41.9 Å². The molecule has 1 N–H and O–H groups in total. The standard InChI is InChI=1S/C25H17ClN2O7/c26-21-9-7-17(28(32)33)13-19(21)24(30)34-18-8-6-16-12-20(25(31)35-22(16)14-18)23(29)27-11-10-15-4-2-1-3-5-15/h1-9,12-14H,10-11H2,(H,27,29). The number of fused-ring (bicyclic) bond motifs is 1. The summed E-state index contributed by atoms with van der Waals surface area (Å²) in [5.41, 5.74) is -0.373. The number of nitro groups is 1. The zero-order valence-electron chi connectivity index (χ0n) is 18.0. The maximum atomic E-state index is 12.5. The summed E-state index contributed by atoms with van der Waals surface area (Å²) in [6.07, 6.45) is 0.606. The maximum Gasteiger partial charge on any atom is 0.349 e. The molecule has 0 aliphatic rings. The van der Waals surface area contributed by atoms with Crippen LogP contribution in [0.15, 0.2) is 82.0 Å². The van der Waals surface area contributed by atoms with Crippen LogP contribution in [0.3, 0.4) is 0 Å². The number of carbonyl (C=O) groups is 2. The summed E-state index contributed by atoms with van der Waals surface area (Å²) < 4.78 is 10.5. The Morgan fingerprint density at radius 3 is 2.51 bits per heavy atom. The molecular weight excluding hydrogens is 476 g/mol. The van der Waals surface area contributed by atoms with Crippen LogP contribution in [0.4, 0.5) is 5.69 Å². The van der Waals surface area contributed by atoms with Crippen LogP contribution < -0.4 is 15.7 Å². The third kappa shape index (κ3) is 5.53. The minimum absolute atomic E-state index is 0.0177. The Hall–Kier alpha value is -4.50. The molecule has 0 fully saturated rings. The lowest BCUT2D eigenvalue weighted by atomic mass is 10.1. The third-order valence-corrected chi connectivity index (χ3v) is 5.41. The number of amides is 1. The van der Waals surface area contributed by atoms with Crippen molar-refractivity contribution in [3.05, 3.63) is 115 Å². The fraction of sp³-hybridized carbons (Fsp3) is 0.0800. The maximum absolute atomic E-state index is 12.5. The number of esters is 1. The van der Waals surface area contributed by atoms with Gasteiger partial charge in [0.2, 0.25) is 0 Å². The van der Waals surface area contributed by atoms with Gasteiger partial charge in [-0.25, -0.2) is 9.59 Å². The van der Waals surface area contributed by atoms with Gasteiger partial charge in [-0.3, -0.25) is 14.9 Å². The average molecular weight is 493 g/mol. The fourth-order valence-electron chi connectivity index (χ4n) is 3.32. The van der Waals surface area contributed by atoms with Crippen LogP contribution >= 0.6 is 11.6 Å². The Bertz CT molecular complexity index is 1500. The number of rotatable bonds is 7. The summed E-state index contributed by atoms with van der Waals surface area (Å²) >= 11 is 5.97. The van der Waals surface area contributed by atoms with Gasteiger partial charge in [-0.15, -0.1) is 0 Å². The van der Waals surface area contributed by atoms with E-state index in [9.17, 15) is 24.5 Å². The molecule has 10 heteroatoms. The van der Waals surface area contributed by atoms with Crippen molar-refractivity contribution < 1.29 is 23.7 Å². The monoisotopic (exact) mass is 492 g/mol. The number of carbonyl (C=O) groups excluding carboxylic acids is 2. The van der Waals surface area contributed by atoms with Gasteiger partial charge in [-0.05, 0) is 36.2 Å². The lowest BCUT2D eigenvalue weighted by molar-refractivity contribution is -0.384. The van der Waals surface area contributed by atoms with Crippen molar-refractivity contribution in [2.75, 3.05) is 6.54 Å². The molecule has 0 aliphatic carbocycles. The summed E-state index contributed by atoms with van der Waals surface area (Å²) in [5.74, 6) is -1.46. The highest BCUT2D eigenvalue weighted by molar-refractivity contribution is 6.33. The lowest BCUT2D eigenvalue weighted by Crippen LogP contribution is -2.29. The first-order valence-corrected chi connectivity index (χ1v) is 10.8. The molecule has 3 aromatic carbocycles. The number of benzene rings is 3. The van der Waals surface area contributed by atoms with Crippen LogP contribution in [0, 0.1) is 10.1 Å². The van der Waals surface area contributed by atoms with Crippen LogP contribution in [-0.4, -0.2) is 23.3 Å². The molecule has 0 atom stereocenters. The first kappa shape index (κ1) is 23.7. The van der Waals surface area contributed by atoms with Crippen molar-refractivity contribution in [2.24, 2.45) is 0 Å². The average Bonchev–Trinajstić information content (AvgIpc) is 2.84. The first-order chi connectivity index (χ1) is 16.8. The Morgan fingerprint density at radius 1 is 1.00 bits per heavy atom. The number of nitro benzene ring substituents is 1. The molecule has 0 aliphatic heterocycles. The predicted octanol–water partition coefficient (Wildman–Crippen LogP) is 4.55. The first-order valence-electron chi connectivity index (χ1n) is 10.4. The molecule has 0 saturated carbocycles. The number of nitrogens with one attached hydrogen (secondary N) is 1. The summed E-state index contributed by atoms with van der Waals surface area (Å²) in [7, 11) is 0. The molecule has 9 nitrogen and oxygen atoms in total. The van der Waals surface area contributed by atoms with E-state index in [1.165, 1.54) is 36.4 Å². The topological polar surface area (TPSA) is 129 Å². The van der Waals surface area contributed by atoms with Crippen molar-refractivity contribution in [2.45, 2.75) is 6.42 Å². The summed E-state index contributed by atoms with van der Waals surface area (Å²) in [4.78, 5) is 47.7. The van der Waals surface area contributed by atoms with Crippen LogP contribution in [0.5, 0.6) is 5.75 Å². The van der Waals surface area contributed by atoms with Gasteiger partial charge >= 0.3 is 11.6 Å². The zero-order chi connectivity index (χ0) is 24.9. The zero-order valence-corrected chi connectivity index (χ0v) is 18.8. The van der Waals surface area contributed by atoms with Crippen molar-refractivity contribution >= 4 is 40.1 Å². The second kappa shape index (κ2) is 10.2. The molecule has 1 aromatic heterocycles. The van der Waals surface area contributed by atoms with E-state index in [0.717, 1.165) is 11.6 Å². The SMILES string of the molecule is O=C(Oc1ccc2cc(C(=O)NCCc3ccccc3)c(=O)oc2c1)c1cc([N+](=O)[O-])ccc1Cl. The van der Waals surface area contributed by atoms with E-state index in [1.54, 1.807) is 0 Å². The van der Waals surface area contributed by atoms with Gasteiger partial charge in [-0.2, -0.15) is 0 Å². The molecule has 0 spiro atoms. The Morgan fingerprint density at radius 2 is 1.77 bits per heavy atom. The molecule has 0 unspecified atom stereocenters. The minimum atomic E-state index is -0.921. The van der Waals surface area contributed by atoms with E-state index < -0.39 is 22.4 Å². The number of hydrogen-bond acceptors (Lipinski definition) is 7. The molecule has 1 heterocycles. The van der Waals surface area contributed by atoms with Gasteiger partial charge in [0.25, 0.3) is 11.6 Å². The van der Waals surface area contributed by atoms with Crippen LogP contribution in [0.25, 0.3) is 11.0 Å². The minimum Gasteiger partial charge on any atom is -0.423 e. The smallest absolute Gasteiger partial charge is 0.349 e. The van der Waals surface area contributed by atoms with Crippen molar-refractivity contribution in [3.63, 3.8) is 0 Å². The lowest BCUT2D eigenvalue weighted by Gasteiger charge is -2.08. The largest absolute Gasteiger partial charge is 0.423 e. The molecular formula is C25H17ClN2O7. The van der Waals surface area contributed by atoms with E-state index in [-0.39, 0.29) is 33.2 Å². The summed E-state index contributed by atoms with van der Waals surface area (Å²) in [6, 6.07) is 18.6. The fourth-order valence-corrected chi connectivity index (χ4v) is 3.51. The number of nitrogens with zero attached hydrogens (tertiary/aromatic N) is 1. The van der Waals surface area contributed by atoms with Crippen LogP contribution in [0.2, 0.25) is 5.02 Å². The van der Waals surface area contributed by atoms with E-state index in [4.69, 9.17) is 20.8 Å². The highest BCUT2D eigenvalue weighted by Crippen LogP contribution is 2.25.